The molecule has 0 aliphatic carbocycles. The van der Waals surface area contributed by atoms with Crippen LogP contribution in [0.3, 0.4) is 0 Å². The normalized spacial score (nSPS) is 23.0. The average Bonchev–Trinajstić information content (AvgIpc) is 2.62. The topological polar surface area (TPSA) is 58.4 Å². The van der Waals surface area contributed by atoms with Crippen molar-refractivity contribution in [2.24, 2.45) is 11.7 Å². The summed E-state index contributed by atoms with van der Waals surface area (Å²) in [6.45, 7) is 7.55. The van der Waals surface area contributed by atoms with Crippen molar-refractivity contribution in [3.63, 3.8) is 0 Å². The van der Waals surface area contributed by atoms with Crippen LogP contribution in [0.15, 0.2) is 0 Å². The molecule has 1 heterocycles. The van der Waals surface area contributed by atoms with Gasteiger partial charge in [0.1, 0.15) is 0 Å². The van der Waals surface area contributed by atoms with Gasteiger partial charge in [0.15, 0.2) is 0 Å². The van der Waals surface area contributed by atoms with E-state index in [1.54, 1.807) is 0 Å². The summed E-state index contributed by atoms with van der Waals surface area (Å²) in [5.41, 5.74) is 5.21. The largest absolute Gasteiger partial charge is 0.355 e. The third-order valence-electron chi connectivity index (χ3n) is 2.82. The third-order valence-corrected chi connectivity index (χ3v) is 2.82. The van der Waals surface area contributed by atoms with Crippen LogP contribution in [-0.4, -0.2) is 43.0 Å². The van der Waals surface area contributed by atoms with Crippen LogP contribution < -0.4 is 11.1 Å². The smallest absolute Gasteiger partial charge is 0.233 e. The lowest BCUT2D eigenvalue weighted by atomic mass is 10.1. The van der Waals surface area contributed by atoms with Gasteiger partial charge in [-0.3, -0.25) is 4.79 Å². The molecule has 1 amide bonds. The second-order valence-corrected chi connectivity index (χ2v) is 4.25. The van der Waals surface area contributed by atoms with E-state index >= 15 is 0 Å². The Bertz CT molecular complexity index is 194. The summed E-state index contributed by atoms with van der Waals surface area (Å²) in [6.07, 6.45) is 1.18. The Balaban J connectivity index is 2.19. The van der Waals surface area contributed by atoms with Gasteiger partial charge in [-0.1, -0.05) is 0 Å². The fraction of sp³-hybridized carbons (Fsp3) is 0.900. The summed E-state index contributed by atoms with van der Waals surface area (Å²) < 4.78 is 0. The molecule has 14 heavy (non-hydrogen) atoms. The van der Waals surface area contributed by atoms with E-state index in [0.29, 0.717) is 12.0 Å². The van der Waals surface area contributed by atoms with Crippen molar-refractivity contribution in [1.29, 1.82) is 0 Å². The van der Waals surface area contributed by atoms with Gasteiger partial charge in [-0.15, -0.1) is 0 Å². The maximum Gasteiger partial charge on any atom is 0.233 e. The van der Waals surface area contributed by atoms with Crippen molar-refractivity contribution in [3.05, 3.63) is 0 Å². The number of nitrogens with two attached hydrogens (primary N) is 1. The molecule has 1 aliphatic heterocycles. The maximum atomic E-state index is 10.9. The van der Waals surface area contributed by atoms with Crippen LogP contribution in [0.2, 0.25) is 0 Å². The van der Waals surface area contributed by atoms with Gasteiger partial charge in [-0.2, -0.15) is 0 Å². The van der Waals surface area contributed by atoms with Gasteiger partial charge in [-0.05, 0) is 32.7 Å². The van der Waals surface area contributed by atoms with Crippen LogP contribution in [0.1, 0.15) is 20.3 Å². The first-order chi connectivity index (χ1) is 6.63. The molecule has 0 bridgehead atoms. The number of hydrogen-bond donors (Lipinski definition) is 2. The molecular formula is C10H21N3O. The van der Waals surface area contributed by atoms with Gasteiger partial charge in [-0.25, -0.2) is 0 Å². The van der Waals surface area contributed by atoms with Gasteiger partial charge in [0, 0.05) is 19.1 Å². The maximum absolute atomic E-state index is 10.9. The molecule has 0 aromatic heterocycles. The second kappa shape index (κ2) is 5.32. The molecule has 1 unspecified atom stereocenters. The second-order valence-electron chi connectivity index (χ2n) is 4.25. The molecule has 1 saturated heterocycles. The van der Waals surface area contributed by atoms with Crippen LogP contribution in [0.5, 0.6) is 0 Å². The standard InChI is InChI=1S/C10H21N3O/c1-8(2)13-4-3-9(7-13)6-12-10(14)5-11/h8-9H,3-7,11H2,1-2H3,(H,12,14). The molecule has 1 fully saturated rings. The van der Waals surface area contributed by atoms with Crippen molar-refractivity contribution >= 4 is 5.91 Å². The minimum Gasteiger partial charge on any atom is -0.355 e. The van der Waals surface area contributed by atoms with E-state index in [1.807, 2.05) is 0 Å². The van der Waals surface area contributed by atoms with E-state index in [-0.39, 0.29) is 12.5 Å². The van der Waals surface area contributed by atoms with Crippen molar-refractivity contribution < 1.29 is 4.79 Å². The monoisotopic (exact) mass is 199 g/mol. The van der Waals surface area contributed by atoms with E-state index in [9.17, 15) is 4.79 Å². The van der Waals surface area contributed by atoms with E-state index in [0.717, 1.165) is 19.6 Å². The number of carbonyl (C=O) groups excluding carboxylic acids is 1. The predicted octanol–water partition coefficient (Wildman–Crippen LogP) is -0.208. The number of hydrogen-bond acceptors (Lipinski definition) is 3. The zero-order valence-corrected chi connectivity index (χ0v) is 9.12. The fourth-order valence-electron chi connectivity index (χ4n) is 1.83. The lowest BCUT2D eigenvalue weighted by Gasteiger charge is -2.20. The molecule has 1 rings (SSSR count). The minimum atomic E-state index is -0.0482. The number of rotatable bonds is 4. The first-order valence-electron chi connectivity index (χ1n) is 5.34. The Labute approximate surface area is 85.8 Å². The minimum absolute atomic E-state index is 0.0482. The molecule has 0 aromatic carbocycles. The number of nitrogens with one attached hydrogen (secondary N) is 1. The lowest BCUT2D eigenvalue weighted by Crippen LogP contribution is -2.35. The van der Waals surface area contributed by atoms with Crippen LogP contribution >= 0.6 is 0 Å². The zero-order chi connectivity index (χ0) is 10.6. The van der Waals surface area contributed by atoms with E-state index < -0.39 is 0 Å². The average molecular weight is 199 g/mol. The Morgan fingerprint density at radius 3 is 2.86 bits per heavy atom. The predicted molar refractivity (Wildman–Crippen MR) is 56.9 cm³/mol. The molecule has 0 saturated carbocycles. The summed E-state index contributed by atoms with van der Waals surface area (Å²) in [4.78, 5) is 13.4. The molecule has 1 atom stereocenters. The molecule has 0 radical (unpaired) electrons. The van der Waals surface area contributed by atoms with Gasteiger partial charge in [0.25, 0.3) is 0 Å². The fourth-order valence-corrected chi connectivity index (χ4v) is 1.83. The molecule has 4 nitrogen and oxygen atoms in total. The van der Waals surface area contributed by atoms with Gasteiger partial charge in [0.2, 0.25) is 5.91 Å². The van der Waals surface area contributed by atoms with Crippen LogP contribution in [0, 0.1) is 5.92 Å². The lowest BCUT2D eigenvalue weighted by molar-refractivity contribution is -0.119. The highest BCUT2D eigenvalue weighted by molar-refractivity contribution is 5.77. The van der Waals surface area contributed by atoms with Crippen molar-refractivity contribution in [3.8, 4) is 0 Å². The molecule has 82 valence electrons. The van der Waals surface area contributed by atoms with Crippen molar-refractivity contribution in [2.75, 3.05) is 26.2 Å². The van der Waals surface area contributed by atoms with Crippen molar-refractivity contribution in [2.45, 2.75) is 26.3 Å². The highest BCUT2D eigenvalue weighted by atomic mass is 16.1. The number of amides is 1. The van der Waals surface area contributed by atoms with Crippen LogP contribution in [0.25, 0.3) is 0 Å². The van der Waals surface area contributed by atoms with E-state index in [2.05, 4.69) is 24.1 Å². The molecule has 1 aliphatic rings. The number of likely N-dealkylation sites (tertiary alicyclic amines) is 1. The summed E-state index contributed by atoms with van der Waals surface area (Å²) in [5, 5.41) is 2.84. The zero-order valence-electron chi connectivity index (χ0n) is 9.12. The Morgan fingerprint density at radius 1 is 1.64 bits per heavy atom. The first kappa shape index (κ1) is 11.5. The van der Waals surface area contributed by atoms with Gasteiger partial charge < -0.3 is 16.0 Å². The summed E-state index contributed by atoms with van der Waals surface area (Å²) >= 11 is 0. The third kappa shape index (κ3) is 3.27. The molecule has 4 heteroatoms. The Morgan fingerprint density at radius 2 is 2.36 bits per heavy atom. The van der Waals surface area contributed by atoms with Crippen LogP contribution in [0.4, 0.5) is 0 Å². The van der Waals surface area contributed by atoms with Crippen molar-refractivity contribution in [1.82, 2.24) is 10.2 Å². The molecule has 3 N–H and O–H groups in total. The first-order valence-corrected chi connectivity index (χ1v) is 5.34. The number of carbonyl (C=O) groups is 1. The van der Waals surface area contributed by atoms with E-state index in [1.165, 1.54) is 6.42 Å². The quantitative estimate of drug-likeness (QED) is 0.659. The highest BCUT2D eigenvalue weighted by Gasteiger charge is 2.23. The van der Waals surface area contributed by atoms with Gasteiger partial charge in [0.05, 0.1) is 6.54 Å². The molecule has 0 spiro atoms. The molecule has 0 aromatic rings. The van der Waals surface area contributed by atoms with Gasteiger partial charge >= 0.3 is 0 Å². The number of nitrogens with zero attached hydrogens (tertiary/aromatic N) is 1. The highest BCUT2D eigenvalue weighted by Crippen LogP contribution is 2.17. The summed E-state index contributed by atoms with van der Waals surface area (Å²) in [6, 6.07) is 0.616. The van der Waals surface area contributed by atoms with Crippen LogP contribution in [-0.2, 0) is 4.79 Å². The Hall–Kier alpha value is -0.610. The Kier molecular flexibility index (Phi) is 4.35. The molecular weight excluding hydrogens is 178 g/mol. The SMILES string of the molecule is CC(C)N1CCC(CNC(=O)CN)C1. The van der Waals surface area contributed by atoms with E-state index in [4.69, 9.17) is 5.73 Å². The summed E-state index contributed by atoms with van der Waals surface area (Å²) in [5.74, 6) is 0.556. The summed E-state index contributed by atoms with van der Waals surface area (Å²) in [7, 11) is 0.